The maximum absolute atomic E-state index is 13.9. The summed E-state index contributed by atoms with van der Waals surface area (Å²) in [4.78, 5) is 21.3. The zero-order valence-corrected chi connectivity index (χ0v) is 19.4. The van der Waals surface area contributed by atoms with Crippen molar-refractivity contribution in [1.29, 1.82) is 0 Å². The number of benzene rings is 3. The van der Waals surface area contributed by atoms with Crippen molar-refractivity contribution in [2.75, 3.05) is 26.3 Å². The van der Waals surface area contributed by atoms with E-state index in [2.05, 4.69) is 22.3 Å². The lowest BCUT2D eigenvalue weighted by atomic mass is 9.95. The maximum Gasteiger partial charge on any atom is 0.252 e. The van der Waals surface area contributed by atoms with Crippen LogP contribution < -0.4 is 5.32 Å². The van der Waals surface area contributed by atoms with Crippen LogP contribution in [0.4, 0.5) is 0 Å². The number of fused-ring (bicyclic) bond motifs is 1. The molecule has 172 valence electrons. The van der Waals surface area contributed by atoms with E-state index in [0.717, 1.165) is 46.4 Å². The van der Waals surface area contributed by atoms with Gasteiger partial charge in [0.25, 0.3) is 5.91 Å². The van der Waals surface area contributed by atoms with Crippen LogP contribution in [-0.2, 0) is 11.3 Å². The largest absolute Gasteiger partial charge is 0.379 e. The molecule has 5 heteroatoms. The number of amides is 1. The summed E-state index contributed by atoms with van der Waals surface area (Å²) in [5.41, 5.74) is 5.45. The predicted octanol–water partition coefficient (Wildman–Crippen LogP) is 5.23. The fourth-order valence-electron chi connectivity index (χ4n) is 4.58. The number of nitrogens with one attached hydrogen (secondary N) is 1. The molecule has 1 fully saturated rings. The molecule has 1 unspecified atom stereocenters. The van der Waals surface area contributed by atoms with Crippen LogP contribution >= 0.6 is 0 Å². The second kappa shape index (κ2) is 10.2. The van der Waals surface area contributed by atoms with Gasteiger partial charge >= 0.3 is 0 Å². The molecule has 1 aromatic heterocycles. The fourth-order valence-corrected chi connectivity index (χ4v) is 4.58. The molecule has 0 aliphatic carbocycles. The van der Waals surface area contributed by atoms with Gasteiger partial charge in [-0.05, 0) is 18.6 Å². The maximum atomic E-state index is 13.9. The highest BCUT2D eigenvalue weighted by Crippen LogP contribution is 2.32. The minimum atomic E-state index is -0.114. The summed E-state index contributed by atoms with van der Waals surface area (Å²) in [6, 6.07) is 28.0. The lowest BCUT2D eigenvalue weighted by Gasteiger charge is -2.29. The van der Waals surface area contributed by atoms with E-state index >= 15 is 0 Å². The SMILES string of the molecule is CC(NC(=O)c1c(CN2CCOCC2)c(-c2ccccc2)nc2ccccc12)c1ccccc1. The average Bonchev–Trinajstić information content (AvgIpc) is 2.89. The Morgan fingerprint density at radius 3 is 2.32 bits per heavy atom. The van der Waals surface area contributed by atoms with Crippen LogP contribution in [0.5, 0.6) is 0 Å². The molecule has 0 spiro atoms. The molecule has 0 bridgehead atoms. The first kappa shape index (κ1) is 22.3. The first-order chi connectivity index (χ1) is 16.7. The van der Waals surface area contributed by atoms with Gasteiger partial charge in [0.15, 0.2) is 0 Å². The summed E-state index contributed by atoms with van der Waals surface area (Å²) < 4.78 is 5.57. The second-order valence-corrected chi connectivity index (χ2v) is 8.69. The van der Waals surface area contributed by atoms with E-state index in [1.54, 1.807) is 0 Å². The minimum absolute atomic E-state index is 0.0737. The lowest BCUT2D eigenvalue weighted by molar-refractivity contribution is 0.0341. The molecule has 1 saturated heterocycles. The number of para-hydroxylation sites is 1. The van der Waals surface area contributed by atoms with Gasteiger partial charge in [-0.25, -0.2) is 4.98 Å². The molecule has 0 saturated carbocycles. The molecule has 2 heterocycles. The number of carbonyl (C=O) groups excluding carboxylic acids is 1. The van der Waals surface area contributed by atoms with Crippen molar-refractivity contribution in [1.82, 2.24) is 15.2 Å². The highest BCUT2D eigenvalue weighted by molar-refractivity contribution is 6.09. The van der Waals surface area contributed by atoms with Gasteiger partial charge in [-0.1, -0.05) is 78.9 Å². The molecule has 3 aromatic carbocycles. The third-order valence-corrected chi connectivity index (χ3v) is 6.40. The fraction of sp³-hybridized carbons (Fsp3) is 0.241. The van der Waals surface area contributed by atoms with Crippen molar-refractivity contribution in [3.63, 3.8) is 0 Å². The number of rotatable bonds is 6. The molecule has 4 aromatic rings. The summed E-state index contributed by atoms with van der Waals surface area (Å²) >= 11 is 0. The molecule has 5 nitrogen and oxygen atoms in total. The summed E-state index contributed by atoms with van der Waals surface area (Å²) in [5, 5.41) is 4.13. The standard InChI is InChI=1S/C29H29N3O2/c1-21(22-10-4-2-5-11-22)30-29(33)27-24-14-8-9-15-26(24)31-28(23-12-6-3-7-13-23)25(27)20-32-16-18-34-19-17-32/h2-15,21H,16-20H2,1H3,(H,30,33). The van der Waals surface area contributed by atoms with Gasteiger partial charge < -0.3 is 10.1 Å². The van der Waals surface area contributed by atoms with Crippen molar-refractivity contribution in [3.8, 4) is 11.3 Å². The van der Waals surface area contributed by atoms with Crippen LogP contribution in [-0.4, -0.2) is 42.1 Å². The van der Waals surface area contributed by atoms with Gasteiger partial charge in [0, 0.05) is 36.1 Å². The first-order valence-corrected chi connectivity index (χ1v) is 11.8. The van der Waals surface area contributed by atoms with Crippen LogP contribution in [0.2, 0.25) is 0 Å². The van der Waals surface area contributed by atoms with Crippen molar-refractivity contribution in [2.24, 2.45) is 0 Å². The molecular weight excluding hydrogens is 422 g/mol. The van der Waals surface area contributed by atoms with Gasteiger partial charge in [-0.15, -0.1) is 0 Å². The molecular formula is C29H29N3O2. The van der Waals surface area contributed by atoms with Crippen LogP contribution in [0.15, 0.2) is 84.9 Å². The number of hydrogen-bond acceptors (Lipinski definition) is 4. The Hall–Kier alpha value is -3.54. The quantitative estimate of drug-likeness (QED) is 0.436. The molecule has 0 radical (unpaired) electrons. The van der Waals surface area contributed by atoms with E-state index in [1.807, 2.05) is 79.7 Å². The Kier molecular flexibility index (Phi) is 6.65. The van der Waals surface area contributed by atoms with Crippen molar-refractivity contribution in [3.05, 3.63) is 102 Å². The van der Waals surface area contributed by atoms with Crippen LogP contribution in [0, 0.1) is 0 Å². The third kappa shape index (κ3) is 4.72. The van der Waals surface area contributed by atoms with Crippen LogP contribution in [0.3, 0.4) is 0 Å². The first-order valence-electron chi connectivity index (χ1n) is 11.8. The number of hydrogen-bond donors (Lipinski definition) is 1. The number of pyridine rings is 1. The number of aromatic nitrogens is 1. The Bertz CT molecular complexity index is 1270. The lowest BCUT2D eigenvalue weighted by Crippen LogP contribution is -2.37. The van der Waals surface area contributed by atoms with Gasteiger partial charge in [-0.3, -0.25) is 9.69 Å². The average molecular weight is 452 g/mol. The molecule has 1 atom stereocenters. The van der Waals surface area contributed by atoms with E-state index in [1.165, 1.54) is 0 Å². The number of nitrogens with zero attached hydrogens (tertiary/aromatic N) is 2. The Balaban J connectivity index is 1.64. The molecule has 1 N–H and O–H groups in total. The zero-order valence-electron chi connectivity index (χ0n) is 19.4. The van der Waals surface area contributed by atoms with Gasteiger partial charge in [0.05, 0.1) is 36.0 Å². The second-order valence-electron chi connectivity index (χ2n) is 8.69. The molecule has 1 amide bonds. The van der Waals surface area contributed by atoms with E-state index in [4.69, 9.17) is 9.72 Å². The Morgan fingerprint density at radius 1 is 0.941 bits per heavy atom. The number of morpholine rings is 1. The summed E-state index contributed by atoms with van der Waals surface area (Å²) in [5.74, 6) is -0.0737. The Labute approximate surface area is 200 Å². The smallest absolute Gasteiger partial charge is 0.252 e. The van der Waals surface area contributed by atoms with Crippen molar-refractivity contribution < 1.29 is 9.53 Å². The Morgan fingerprint density at radius 2 is 1.59 bits per heavy atom. The molecule has 1 aliphatic heterocycles. The monoisotopic (exact) mass is 451 g/mol. The zero-order chi connectivity index (χ0) is 23.3. The van der Waals surface area contributed by atoms with Gasteiger partial charge in [0.2, 0.25) is 0 Å². The van der Waals surface area contributed by atoms with E-state index in [9.17, 15) is 4.79 Å². The third-order valence-electron chi connectivity index (χ3n) is 6.40. The summed E-state index contributed by atoms with van der Waals surface area (Å²) in [7, 11) is 0. The topological polar surface area (TPSA) is 54.5 Å². The highest BCUT2D eigenvalue weighted by Gasteiger charge is 2.25. The summed E-state index contributed by atoms with van der Waals surface area (Å²) in [6.07, 6.45) is 0. The number of carbonyl (C=O) groups is 1. The number of ether oxygens (including phenoxy) is 1. The van der Waals surface area contributed by atoms with E-state index < -0.39 is 0 Å². The minimum Gasteiger partial charge on any atom is -0.379 e. The normalized spacial score (nSPS) is 15.2. The van der Waals surface area contributed by atoms with E-state index in [-0.39, 0.29) is 11.9 Å². The van der Waals surface area contributed by atoms with Crippen molar-refractivity contribution in [2.45, 2.75) is 19.5 Å². The molecule has 5 rings (SSSR count). The van der Waals surface area contributed by atoms with Crippen LogP contribution in [0.25, 0.3) is 22.2 Å². The van der Waals surface area contributed by atoms with Gasteiger partial charge in [-0.2, -0.15) is 0 Å². The van der Waals surface area contributed by atoms with Crippen molar-refractivity contribution >= 4 is 16.8 Å². The van der Waals surface area contributed by atoms with Crippen LogP contribution in [0.1, 0.15) is 34.5 Å². The highest BCUT2D eigenvalue weighted by atomic mass is 16.5. The van der Waals surface area contributed by atoms with Gasteiger partial charge in [0.1, 0.15) is 0 Å². The molecule has 1 aliphatic rings. The summed E-state index contributed by atoms with van der Waals surface area (Å²) in [6.45, 7) is 5.75. The molecule has 34 heavy (non-hydrogen) atoms. The predicted molar refractivity (Wildman–Crippen MR) is 136 cm³/mol. The van der Waals surface area contributed by atoms with E-state index in [0.29, 0.717) is 25.3 Å².